The van der Waals surface area contributed by atoms with Gasteiger partial charge in [0.2, 0.25) is 0 Å². The molecule has 1 aromatic rings. The number of aromatic hydroxyl groups is 1. The van der Waals surface area contributed by atoms with Gasteiger partial charge in [-0.15, -0.1) is 11.8 Å². The summed E-state index contributed by atoms with van der Waals surface area (Å²) < 4.78 is 0. The Bertz CT molecular complexity index is 578. The molecule has 0 aliphatic carbocycles. The van der Waals surface area contributed by atoms with Gasteiger partial charge in [-0.3, -0.25) is 4.79 Å². The topological polar surface area (TPSA) is 77.8 Å². The summed E-state index contributed by atoms with van der Waals surface area (Å²) in [5.41, 5.74) is 0.0295. The molecule has 1 aliphatic rings. The highest BCUT2D eigenvalue weighted by Crippen LogP contribution is 2.36. The van der Waals surface area contributed by atoms with Crippen molar-refractivity contribution >= 4 is 35.2 Å². The van der Waals surface area contributed by atoms with Gasteiger partial charge in [-0.05, 0) is 24.1 Å². The highest BCUT2D eigenvalue weighted by Gasteiger charge is 2.43. The van der Waals surface area contributed by atoms with E-state index in [4.69, 9.17) is 11.6 Å². The van der Waals surface area contributed by atoms with Gasteiger partial charge in [-0.2, -0.15) is 0 Å². The van der Waals surface area contributed by atoms with Crippen LogP contribution in [0.1, 0.15) is 24.2 Å². The number of aliphatic carboxylic acids is 1. The number of carbonyl (C=O) groups excluding carboxylic acids is 1. The summed E-state index contributed by atoms with van der Waals surface area (Å²) >= 11 is 7.30. The monoisotopic (exact) mass is 329 g/mol. The fraction of sp³-hybridized carbons (Fsp3) is 0.429. The van der Waals surface area contributed by atoms with Crippen LogP contribution in [0.3, 0.4) is 0 Å². The molecule has 1 saturated heterocycles. The van der Waals surface area contributed by atoms with Crippen molar-refractivity contribution < 1.29 is 19.8 Å². The quantitative estimate of drug-likeness (QED) is 0.891. The normalized spacial score (nSPS) is 21.8. The molecule has 2 unspecified atom stereocenters. The third kappa shape index (κ3) is 3.11. The van der Waals surface area contributed by atoms with Gasteiger partial charge in [0.25, 0.3) is 5.91 Å². The van der Waals surface area contributed by atoms with E-state index < -0.39 is 17.9 Å². The van der Waals surface area contributed by atoms with Gasteiger partial charge in [0, 0.05) is 10.8 Å². The number of carboxylic acids is 1. The standard InChI is InChI=1S/C14H16ClNO4S/c1-7(2)13-16(10(6-21-13)14(19)20)12(18)9-5-8(15)3-4-11(9)17/h3-5,7,10,13,17H,6H2,1-2H3,(H,19,20). The summed E-state index contributed by atoms with van der Waals surface area (Å²) in [5, 5.41) is 19.2. The zero-order valence-corrected chi connectivity index (χ0v) is 13.2. The molecule has 0 spiro atoms. The summed E-state index contributed by atoms with van der Waals surface area (Å²) in [7, 11) is 0. The first kappa shape index (κ1) is 16.0. The summed E-state index contributed by atoms with van der Waals surface area (Å²) in [5.74, 6) is -1.31. The van der Waals surface area contributed by atoms with Crippen LogP contribution in [0, 0.1) is 5.92 Å². The largest absolute Gasteiger partial charge is 0.507 e. The number of benzene rings is 1. The number of amides is 1. The van der Waals surface area contributed by atoms with E-state index in [1.807, 2.05) is 13.8 Å². The van der Waals surface area contributed by atoms with Crippen LogP contribution in [0.4, 0.5) is 0 Å². The van der Waals surface area contributed by atoms with Crippen molar-refractivity contribution in [2.75, 3.05) is 5.75 Å². The third-order valence-electron chi connectivity index (χ3n) is 3.31. The second kappa shape index (κ2) is 6.15. The van der Waals surface area contributed by atoms with Gasteiger partial charge in [-0.25, -0.2) is 4.79 Å². The molecule has 114 valence electrons. The van der Waals surface area contributed by atoms with Gasteiger partial charge >= 0.3 is 5.97 Å². The lowest BCUT2D eigenvalue weighted by atomic mass is 10.1. The number of phenolic OH excluding ortho intramolecular Hbond substituents is 1. The van der Waals surface area contributed by atoms with Crippen molar-refractivity contribution in [1.82, 2.24) is 4.90 Å². The molecule has 1 amide bonds. The molecule has 0 radical (unpaired) electrons. The predicted octanol–water partition coefficient (Wildman–Crippen LogP) is 2.67. The molecule has 7 heteroatoms. The van der Waals surface area contributed by atoms with E-state index in [-0.39, 0.29) is 22.6 Å². The first-order chi connectivity index (χ1) is 9.82. The number of carbonyl (C=O) groups is 2. The Kier molecular flexibility index (Phi) is 4.68. The molecule has 2 N–H and O–H groups in total. The molecular weight excluding hydrogens is 314 g/mol. The Morgan fingerprint density at radius 1 is 1.43 bits per heavy atom. The summed E-state index contributed by atoms with van der Waals surface area (Å²) in [4.78, 5) is 25.4. The van der Waals surface area contributed by atoms with Crippen LogP contribution in [0.2, 0.25) is 5.02 Å². The number of thioether (sulfide) groups is 1. The summed E-state index contributed by atoms with van der Waals surface area (Å²) in [6, 6.07) is 3.27. The molecule has 1 aromatic carbocycles. The summed E-state index contributed by atoms with van der Waals surface area (Å²) in [6.07, 6.45) is 0. The minimum atomic E-state index is -1.04. The maximum atomic E-state index is 12.7. The molecule has 0 bridgehead atoms. The van der Waals surface area contributed by atoms with E-state index >= 15 is 0 Å². The van der Waals surface area contributed by atoms with Crippen LogP contribution >= 0.6 is 23.4 Å². The van der Waals surface area contributed by atoms with Crippen LogP contribution in [0.15, 0.2) is 18.2 Å². The lowest BCUT2D eigenvalue weighted by molar-refractivity contribution is -0.141. The van der Waals surface area contributed by atoms with Gasteiger partial charge in [-0.1, -0.05) is 25.4 Å². The summed E-state index contributed by atoms with van der Waals surface area (Å²) in [6.45, 7) is 3.86. The van der Waals surface area contributed by atoms with E-state index in [9.17, 15) is 19.8 Å². The Hall–Kier alpha value is -1.40. The molecular formula is C14H16ClNO4S. The first-order valence-electron chi connectivity index (χ1n) is 6.48. The average molecular weight is 330 g/mol. The van der Waals surface area contributed by atoms with Crippen molar-refractivity contribution in [2.45, 2.75) is 25.3 Å². The lowest BCUT2D eigenvalue weighted by Crippen LogP contribution is -2.47. The van der Waals surface area contributed by atoms with Crippen molar-refractivity contribution in [3.05, 3.63) is 28.8 Å². The number of nitrogens with zero attached hydrogens (tertiary/aromatic N) is 1. The van der Waals surface area contributed by atoms with Gasteiger partial charge < -0.3 is 15.1 Å². The Balaban J connectivity index is 2.41. The van der Waals surface area contributed by atoms with Crippen molar-refractivity contribution in [1.29, 1.82) is 0 Å². The second-order valence-corrected chi connectivity index (χ2v) is 6.78. The zero-order chi connectivity index (χ0) is 15.7. The van der Waals surface area contributed by atoms with Gasteiger partial charge in [0.05, 0.1) is 10.9 Å². The molecule has 2 atom stereocenters. The fourth-order valence-electron chi connectivity index (χ4n) is 2.31. The highest BCUT2D eigenvalue weighted by molar-refractivity contribution is 8.00. The number of hydrogen-bond acceptors (Lipinski definition) is 4. The number of phenols is 1. The minimum Gasteiger partial charge on any atom is -0.507 e. The predicted molar refractivity (Wildman–Crippen MR) is 81.8 cm³/mol. The van der Waals surface area contributed by atoms with E-state index in [2.05, 4.69) is 0 Å². The van der Waals surface area contributed by atoms with Crippen LogP contribution in [0.5, 0.6) is 5.75 Å². The first-order valence-corrected chi connectivity index (χ1v) is 7.91. The second-order valence-electron chi connectivity index (χ2n) is 5.20. The van der Waals surface area contributed by atoms with Crippen LogP contribution < -0.4 is 0 Å². The Morgan fingerprint density at radius 3 is 2.67 bits per heavy atom. The molecule has 0 saturated carbocycles. The van der Waals surface area contributed by atoms with Crippen molar-refractivity contribution in [2.24, 2.45) is 5.92 Å². The fourth-order valence-corrected chi connectivity index (χ4v) is 3.95. The van der Waals surface area contributed by atoms with E-state index in [1.165, 1.54) is 34.9 Å². The van der Waals surface area contributed by atoms with Crippen molar-refractivity contribution in [3.8, 4) is 5.75 Å². The Labute approximate surface area is 131 Å². The molecule has 1 fully saturated rings. The van der Waals surface area contributed by atoms with Gasteiger partial charge in [0.15, 0.2) is 0 Å². The lowest BCUT2D eigenvalue weighted by Gasteiger charge is -2.30. The number of halogens is 1. The molecule has 21 heavy (non-hydrogen) atoms. The maximum Gasteiger partial charge on any atom is 0.327 e. The minimum absolute atomic E-state index is 0.0295. The molecule has 1 aliphatic heterocycles. The molecule has 5 nitrogen and oxygen atoms in total. The van der Waals surface area contributed by atoms with Crippen LogP contribution in [-0.2, 0) is 4.79 Å². The van der Waals surface area contributed by atoms with E-state index in [0.717, 1.165) is 0 Å². The van der Waals surface area contributed by atoms with E-state index in [1.54, 1.807) is 0 Å². The SMILES string of the molecule is CC(C)C1SCC(C(=O)O)N1C(=O)c1cc(Cl)ccc1O. The molecule has 0 aromatic heterocycles. The number of carboxylic acid groups (broad SMARTS) is 1. The zero-order valence-electron chi connectivity index (χ0n) is 11.6. The smallest absolute Gasteiger partial charge is 0.327 e. The molecule has 2 rings (SSSR count). The van der Waals surface area contributed by atoms with Crippen molar-refractivity contribution in [3.63, 3.8) is 0 Å². The van der Waals surface area contributed by atoms with E-state index in [0.29, 0.717) is 10.8 Å². The Morgan fingerprint density at radius 2 is 2.10 bits per heavy atom. The maximum absolute atomic E-state index is 12.7. The highest BCUT2D eigenvalue weighted by atomic mass is 35.5. The van der Waals surface area contributed by atoms with Crippen LogP contribution in [0.25, 0.3) is 0 Å². The third-order valence-corrected chi connectivity index (χ3v) is 5.17. The number of hydrogen-bond donors (Lipinski definition) is 2. The number of rotatable bonds is 3. The molecule has 1 heterocycles. The van der Waals surface area contributed by atoms with Crippen LogP contribution in [-0.4, -0.2) is 44.2 Å². The average Bonchev–Trinajstić information content (AvgIpc) is 2.85. The van der Waals surface area contributed by atoms with Gasteiger partial charge in [0.1, 0.15) is 11.8 Å².